The lowest BCUT2D eigenvalue weighted by Crippen LogP contribution is -2.12. The van der Waals surface area contributed by atoms with Crippen molar-refractivity contribution in [2.24, 2.45) is 7.05 Å². The molecule has 0 atom stereocenters. The molecule has 200 valence electrons. The fraction of sp³-hybridized carbons (Fsp3) is 0.179. The number of hydrogen-bond acceptors (Lipinski definition) is 8. The van der Waals surface area contributed by atoms with E-state index in [1.165, 1.54) is 6.26 Å². The van der Waals surface area contributed by atoms with Crippen molar-refractivity contribution in [3.63, 3.8) is 0 Å². The highest BCUT2D eigenvalue weighted by Gasteiger charge is 2.13. The Bertz CT molecular complexity index is 1720. The second-order valence-electron chi connectivity index (χ2n) is 9.34. The van der Waals surface area contributed by atoms with Crippen LogP contribution in [0.1, 0.15) is 11.1 Å². The van der Waals surface area contributed by atoms with Gasteiger partial charge in [0.15, 0.2) is 9.84 Å². The Morgan fingerprint density at radius 1 is 0.949 bits per heavy atom. The average Bonchev–Trinajstić information content (AvgIpc) is 3.23. The van der Waals surface area contributed by atoms with Crippen LogP contribution in [-0.4, -0.2) is 41.2 Å². The third kappa shape index (κ3) is 6.47. The standard InChI is InChI=1S/C28H28ClN7O2S/c1-35(26-14-15-30-27(34-26)32-22-10-6-20(7-11-22)18-39(3,37)38)23-12-13-25-24(16-23)33-28(36(25)2)31-17-19-4-8-21(29)9-5-19/h4-16H,17-18H2,1-3H3,(H,31,33)(H,30,32,34). The van der Waals surface area contributed by atoms with E-state index < -0.39 is 9.84 Å². The van der Waals surface area contributed by atoms with Gasteiger partial charge in [-0.3, -0.25) is 0 Å². The van der Waals surface area contributed by atoms with Crippen LogP contribution in [0, 0.1) is 0 Å². The number of sulfone groups is 1. The van der Waals surface area contributed by atoms with Crippen molar-refractivity contribution in [3.05, 3.63) is 95.1 Å². The first kappa shape index (κ1) is 26.5. The summed E-state index contributed by atoms with van der Waals surface area (Å²) in [7, 11) is 0.840. The fourth-order valence-electron chi connectivity index (χ4n) is 4.18. The molecule has 0 aliphatic carbocycles. The molecule has 39 heavy (non-hydrogen) atoms. The molecule has 0 radical (unpaired) electrons. The smallest absolute Gasteiger partial charge is 0.229 e. The van der Waals surface area contributed by atoms with Gasteiger partial charge in [0.2, 0.25) is 11.9 Å². The maximum Gasteiger partial charge on any atom is 0.229 e. The molecule has 5 rings (SSSR count). The number of nitrogens with one attached hydrogen (secondary N) is 2. The van der Waals surface area contributed by atoms with Gasteiger partial charge in [0, 0.05) is 49.5 Å². The minimum absolute atomic E-state index is 0.00454. The zero-order valence-electron chi connectivity index (χ0n) is 21.8. The molecule has 2 heterocycles. The van der Waals surface area contributed by atoms with Gasteiger partial charge >= 0.3 is 0 Å². The number of halogens is 1. The summed E-state index contributed by atoms with van der Waals surface area (Å²) in [5, 5.41) is 7.30. The Hall–Kier alpha value is -4.15. The molecule has 2 aromatic heterocycles. The van der Waals surface area contributed by atoms with E-state index in [-0.39, 0.29) is 5.75 Å². The van der Waals surface area contributed by atoms with E-state index in [4.69, 9.17) is 16.6 Å². The quantitative estimate of drug-likeness (QED) is 0.237. The van der Waals surface area contributed by atoms with Gasteiger partial charge in [-0.25, -0.2) is 18.4 Å². The molecule has 11 heteroatoms. The van der Waals surface area contributed by atoms with Gasteiger partial charge in [-0.15, -0.1) is 0 Å². The van der Waals surface area contributed by atoms with E-state index in [0.717, 1.165) is 39.5 Å². The van der Waals surface area contributed by atoms with Crippen LogP contribution in [-0.2, 0) is 29.2 Å². The molecular weight excluding hydrogens is 534 g/mol. The molecule has 0 saturated carbocycles. The van der Waals surface area contributed by atoms with Crippen molar-refractivity contribution in [1.82, 2.24) is 19.5 Å². The van der Waals surface area contributed by atoms with E-state index in [0.29, 0.717) is 23.3 Å². The lowest BCUT2D eigenvalue weighted by Gasteiger charge is -2.19. The van der Waals surface area contributed by atoms with Crippen LogP contribution in [0.5, 0.6) is 0 Å². The number of fused-ring (bicyclic) bond motifs is 1. The fourth-order valence-corrected chi connectivity index (χ4v) is 5.11. The molecule has 0 bridgehead atoms. The maximum atomic E-state index is 11.5. The summed E-state index contributed by atoms with van der Waals surface area (Å²) in [5.41, 5.74) is 5.41. The summed E-state index contributed by atoms with van der Waals surface area (Å²) in [5.74, 6) is 1.92. The molecule has 9 nitrogen and oxygen atoms in total. The molecule has 3 aromatic carbocycles. The highest BCUT2D eigenvalue weighted by Crippen LogP contribution is 2.28. The second kappa shape index (κ2) is 10.9. The average molecular weight is 562 g/mol. The molecule has 5 aromatic rings. The Labute approximate surface area is 232 Å². The Kier molecular flexibility index (Phi) is 7.40. The van der Waals surface area contributed by atoms with Gasteiger partial charge in [-0.05, 0) is 59.7 Å². The largest absolute Gasteiger partial charge is 0.352 e. The van der Waals surface area contributed by atoms with Gasteiger partial charge < -0.3 is 20.1 Å². The normalized spacial score (nSPS) is 11.5. The molecule has 0 amide bonds. The van der Waals surface area contributed by atoms with Crippen LogP contribution < -0.4 is 15.5 Å². The van der Waals surface area contributed by atoms with Crippen molar-refractivity contribution < 1.29 is 8.42 Å². The maximum absolute atomic E-state index is 11.5. The molecule has 0 aliphatic rings. The van der Waals surface area contributed by atoms with E-state index >= 15 is 0 Å². The summed E-state index contributed by atoms with van der Waals surface area (Å²) in [4.78, 5) is 15.8. The molecule has 0 fully saturated rings. The molecule has 2 N–H and O–H groups in total. The van der Waals surface area contributed by atoms with Gasteiger partial charge in [0.05, 0.1) is 16.8 Å². The number of aryl methyl sites for hydroxylation is 1. The number of rotatable bonds is 9. The Morgan fingerprint density at radius 2 is 1.67 bits per heavy atom. The van der Waals surface area contributed by atoms with Crippen molar-refractivity contribution in [3.8, 4) is 0 Å². The highest BCUT2D eigenvalue weighted by atomic mass is 35.5. The van der Waals surface area contributed by atoms with Crippen molar-refractivity contribution in [2.75, 3.05) is 28.8 Å². The summed E-state index contributed by atoms with van der Waals surface area (Å²) in [6.07, 6.45) is 2.91. The number of anilines is 5. The number of nitrogens with zero attached hydrogens (tertiary/aromatic N) is 5. The van der Waals surface area contributed by atoms with Gasteiger partial charge in [-0.2, -0.15) is 4.98 Å². The van der Waals surface area contributed by atoms with Gasteiger partial charge in [0.25, 0.3) is 0 Å². The zero-order valence-corrected chi connectivity index (χ0v) is 23.3. The van der Waals surface area contributed by atoms with Crippen LogP contribution in [0.3, 0.4) is 0 Å². The van der Waals surface area contributed by atoms with E-state index in [1.807, 2.05) is 84.2 Å². The molecular formula is C28H28ClN7O2S. The van der Waals surface area contributed by atoms with Gasteiger partial charge in [-0.1, -0.05) is 35.9 Å². The monoisotopic (exact) mass is 561 g/mol. The SMILES string of the molecule is CN(c1ccc2c(c1)nc(NCc1ccc(Cl)cc1)n2C)c1ccnc(Nc2ccc(CS(C)(=O)=O)cc2)n1. The molecule has 0 unspecified atom stereocenters. The number of hydrogen-bond donors (Lipinski definition) is 2. The first-order chi connectivity index (χ1) is 18.6. The third-order valence-electron chi connectivity index (χ3n) is 6.24. The lowest BCUT2D eigenvalue weighted by molar-refractivity contribution is 0.601. The van der Waals surface area contributed by atoms with Crippen LogP contribution in [0.2, 0.25) is 5.02 Å². The van der Waals surface area contributed by atoms with Crippen LogP contribution in [0.15, 0.2) is 79.0 Å². The van der Waals surface area contributed by atoms with E-state index in [2.05, 4.69) is 20.6 Å². The van der Waals surface area contributed by atoms with Crippen molar-refractivity contribution in [1.29, 1.82) is 0 Å². The van der Waals surface area contributed by atoms with Crippen LogP contribution >= 0.6 is 11.6 Å². The Balaban J connectivity index is 1.30. The summed E-state index contributed by atoms with van der Waals surface area (Å²) in [6.45, 7) is 0.637. The minimum atomic E-state index is -3.09. The summed E-state index contributed by atoms with van der Waals surface area (Å²) < 4.78 is 25.1. The number of imidazole rings is 1. The predicted molar refractivity (Wildman–Crippen MR) is 158 cm³/mol. The lowest BCUT2D eigenvalue weighted by atomic mass is 10.2. The highest BCUT2D eigenvalue weighted by molar-refractivity contribution is 7.89. The minimum Gasteiger partial charge on any atom is -0.352 e. The van der Waals surface area contributed by atoms with E-state index in [1.54, 1.807) is 18.3 Å². The van der Waals surface area contributed by atoms with Crippen LogP contribution in [0.4, 0.5) is 29.1 Å². The molecule has 0 saturated heterocycles. The first-order valence-corrected chi connectivity index (χ1v) is 14.6. The van der Waals surface area contributed by atoms with Gasteiger partial charge in [0.1, 0.15) is 5.82 Å². The van der Waals surface area contributed by atoms with Crippen molar-refractivity contribution >= 4 is 61.6 Å². The molecule has 0 spiro atoms. The van der Waals surface area contributed by atoms with Crippen molar-refractivity contribution in [2.45, 2.75) is 12.3 Å². The summed E-state index contributed by atoms with van der Waals surface area (Å²) >= 11 is 5.99. The number of aromatic nitrogens is 4. The number of benzene rings is 3. The van der Waals surface area contributed by atoms with E-state index in [9.17, 15) is 8.42 Å². The second-order valence-corrected chi connectivity index (χ2v) is 11.9. The topological polar surface area (TPSA) is 105 Å². The van der Waals surface area contributed by atoms with Crippen LogP contribution in [0.25, 0.3) is 11.0 Å². The molecule has 0 aliphatic heterocycles. The zero-order chi connectivity index (χ0) is 27.6. The Morgan fingerprint density at radius 3 is 2.38 bits per heavy atom. The predicted octanol–water partition coefficient (Wildman–Crippen LogP) is 5.68. The first-order valence-electron chi connectivity index (χ1n) is 12.2. The summed E-state index contributed by atoms with van der Waals surface area (Å²) in [6, 6.07) is 22.8. The third-order valence-corrected chi connectivity index (χ3v) is 7.35.